The van der Waals surface area contributed by atoms with Crippen molar-refractivity contribution >= 4 is 22.8 Å². The van der Waals surface area contributed by atoms with E-state index in [1.807, 2.05) is 28.8 Å². The zero-order valence-corrected chi connectivity index (χ0v) is 15.1. The van der Waals surface area contributed by atoms with Gasteiger partial charge in [-0.25, -0.2) is 13.9 Å². The maximum atomic E-state index is 13.0. The molecular weight excluding hydrogens is 389 g/mol. The molecule has 0 saturated carbocycles. The van der Waals surface area contributed by atoms with E-state index in [0.29, 0.717) is 24.5 Å². The highest BCUT2D eigenvalue weighted by Gasteiger charge is 2.20. The number of aliphatic hydroxyl groups excluding tert-OH is 1. The standard InChI is InChI=1S/C18H18FN3O2.BrH/c19-14-8-6-13(7-9-14)17(24)12-22-16-5-2-1-4-15(16)21-18(22)20-10-3-11-23;/h1-2,4-9,23H,3,10-12H2,(H,20,21);1H. The van der Waals surface area contributed by atoms with Crippen molar-refractivity contribution in [3.8, 4) is 0 Å². The van der Waals surface area contributed by atoms with Gasteiger partial charge in [-0.15, -0.1) is 0 Å². The first-order chi connectivity index (χ1) is 11.7. The summed E-state index contributed by atoms with van der Waals surface area (Å²) in [6, 6.07) is 13.3. The fourth-order valence-corrected chi connectivity index (χ4v) is 2.59. The number of benzene rings is 2. The summed E-state index contributed by atoms with van der Waals surface area (Å²) in [5, 5.41) is 12.1. The number of nitrogens with one attached hydrogen (secondary N) is 2. The van der Waals surface area contributed by atoms with Crippen molar-refractivity contribution in [2.75, 3.05) is 18.5 Å². The summed E-state index contributed by atoms with van der Waals surface area (Å²) in [5.41, 5.74) is 2.28. The number of aromatic amines is 1. The minimum atomic E-state index is -0.363. The molecule has 0 atom stereocenters. The van der Waals surface area contributed by atoms with Gasteiger partial charge in [0.25, 0.3) is 0 Å². The zero-order chi connectivity index (χ0) is 16.9. The van der Waals surface area contributed by atoms with Crippen molar-refractivity contribution in [3.05, 3.63) is 59.9 Å². The predicted octanol–water partition coefficient (Wildman–Crippen LogP) is -0.724. The molecule has 0 amide bonds. The zero-order valence-electron chi connectivity index (χ0n) is 13.5. The van der Waals surface area contributed by atoms with Crippen molar-refractivity contribution in [1.29, 1.82) is 0 Å². The molecule has 3 rings (SSSR count). The van der Waals surface area contributed by atoms with Crippen LogP contribution in [-0.4, -0.2) is 29.0 Å². The third kappa shape index (κ3) is 4.43. The number of fused-ring (bicyclic) bond motifs is 1. The van der Waals surface area contributed by atoms with Crippen molar-refractivity contribution in [2.24, 2.45) is 0 Å². The molecular formula is C18H19BrFN3O2. The van der Waals surface area contributed by atoms with Gasteiger partial charge in [0, 0.05) is 18.6 Å². The highest BCUT2D eigenvalue weighted by molar-refractivity contribution is 5.95. The largest absolute Gasteiger partial charge is 1.00 e. The van der Waals surface area contributed by atoms with Crippen LogP contribution in [0, 0.1) is 5.82 Å². The third-order valence-corrected chi connectivity index (χ3v) is 3.81. The number of halogens is 2. The second kappa shape index (κ2) is 8.73. The number of hydrogen-bond acceptors (Lipinski definition) is 3. The van der Waals surface area contributed by atoms with Crippen molar-refractivity contribution in [3.63, 3.8) is 0 Å². The minimum Gasteiger partial charge on any atom is -1.00 e. The Hall–Kier alpha value is -2.25. The molecule has 0 saturated heterocycles. The van der Waals surface area contributed by atoms with Crippen LogP contribution in [0.15, 0.2) is 48.5 Å². The molecule has 0 radical (unpaired) electrons. The highest BCUT2D eigenvalue weighted by atomic mass is 79.9. The molecule has 0 aliphatic rings. The molecule has 1 heterocycles. The summed E-state index contributed by atoms with van der Waals surface area (Å²) < 4.78 is 14.9. The van der Waals surface area contributed by atoms with E-state index in [-0.39, 0.29) is 41.7 Å². The van der Waals surface area contributed by atoms with Crippen LogP contribution in [0.4, 0.5) is 10.3 Å². The van der Waals surface area contributed by atoms with Crippen LogP contribution in [0.2, 0.25) is 0 Å². The molecule has 1 aromatic heterocycles. The lowest BCUT2D eigenvalue weighted by molar-refractivity contribution is -0.642. The van der Waals surface area contributed by atoms with Crippen LogP contribution in [0.3, 0.4) is 0 Å². The van der Waals surface area contributed by atoms with E-state index in [1.54, 1.807) is 0 Å². The van der Waals surface area contributed by atoms with Gasteiger partial charge in [-0.2, -0.15) is 0 Å². The lowest BCUT2D eigenvalue weighted by Gasteiger charge is -2.04. The van der Waals surface area contributed by atoms with Gasteiger partial charge < -0.3 is 22.1 Å². The number of para-hydroxylation sites is 2. The smallest absolute Gasteiger partial charge is 0.356 e. The number of carbonyl (C=O) groups is 1. The molecule has 0 spiro atoms. The maximum absolute atomic E-state index is 13.0. The second-order valence-electron chi connectivity index (χ2n) is 5.51. The van der Waals surface area contributed by atoms with Gasteiger partial charge in [-0.05, 0) is 36.4 Å². The van der Waals surface area contributed by atoms with Gasteiger partial charge in [-0.1, -0.05) is 12.1 Å². The number of nitrogens with zero attached hydrogens (tertiary/aromatic N) is 1. The van der Waals surface area contributed by atoms with E-state index in [9.17, 15) is 9.18 Å². The molecule has 132 valence electrons. The number of Topliss-reactive ketones (excluding diaryl/α,β-unsaturated/α-hetero) is 1. The number of rotatable bonds is 7. The first-order valence-electron chi connectivity index (χ1n) is 7.83. The number of carbonyl (C=O) groups excluding carboxylic acids is 1. The summed E-state index contributed by atoms with van der Waals surface area (Å²) in [7, 11) is 0. The number of aliphatic hydroxyl groups is 1. The Morgan fingerprint density at radius 3 is 2.60 bits per heavy atom. The molecule has 3 aromatic rings. The van der Waals surface area contributed by atoms with Crippen molar-refractivity contribution < 1.29 is 35.8 Å². The molecule has 0 fully saturated rings. The van der Waals surface area contributed by atoms with Crippen LogP contribution in [0.25, 0.3) is 11.0 Å². The quantitative estimate of drug-likeness (QED) is 0.275. The monoisotopic (exact) mass is 407 g/mol. The Morgan fingerprint density at radius 1 is 1.16 bits per heavy atom. The molecule has 3 N–H and O–H groups in total. The number of aromatic nitrogens is 2. The van der Waals surface area contributed by atoms with Crippen LogP contribution in [0.5, 0.6) is 0 Å². The van der Waals surface area contributed by atoms with Gasteiger partial charge in [0.15, 0.2) is 5.78 Å². The van der Waals surface area contributed by atoms with E-state index in [0.717, 1.165) is 11.0 Å². The number of ketones is 1. The Balaban J connectivity index is 0.00000225. The summed E-state index contributed by atoms with van der Waals surface area (Å²) in [6.07, 6.45) is 0.612. The average Bonchev–Trinajstić information content (AvgIpc) is 2.93. The fourth-order valence-electron chi connectivity index (χ4n) is 2.59. The SMILES string of the molecule is O=C(C[n+]1c(NCCCO)[nH]c2ccccc21)c1ccc(F)cc1.[Br-]. The summed E-state index contributed by atoms with van der Waals surface area (Å²) in [5.74, 6) is 0.243. The third-order valence-electron chi connectivity index (χ3n) is 3.81. The van der Waals surface area contributed by atoms with Crippen LogP contribution < -0.4 is 26.9 Å². The van der Waals surface area contributed by atoms with Gasteiger partial charge >= 0.3 is 5.95 Å². The van der Waals surface area contributed by atoms with Gasteiger partial charge in [-0.3, -0.25) is 10.1 Å². The lowest BCUT2D eigenvalue weighted by Crippen LogP contribution is -3.00. The molecule has 5 nitrogen and oxygen atoms in total. The highest BCUT2D eigenvalue weighted by Crippen LogP contribution is 2.13. The summed E-state index contributed by atoms with van der Waals surface area (Å²) >= 11 is 0. The van der Waals surface area contributed by atoms with Crippen LogP contribution >= 0.6 is 0 Å². The number of anilines is 1. The molecule has 0 bridgehead atoms. The summed E-state index contributed by atoms with van der Waals surface area (Å²) in [4.78, 5) is 15.8. The predicted molar refractivity (Wildman–Crippen MR) is 89.4 cm³/mol. The van der Waals surface area contributed by atoms with Gasteiger partial charge in [0.05, 0.1) is 6.54 Å². The fraction of sp³-hybridized carbons (Fsp3) is 0.222. The number of hydrogen-bond donors (Lipinski definition) is 3. The Morgan fingerprint density at radius 2 is 1.88 bits per heavy atom. The van der Waals surface area contributed by atoms with Gasteiger partial charge in [0.1, 0.15) is 23.4 Å². The number of H-pyrrole nitrogens is 1. The maximum Gasteiger partial charge on any atom is 0.356 e. The summed E-state index contributed by atoms with van der Waals surface area (Å²) in [6.45, 7) is 0.826. The van der Waals surface area contributed by atoms with E-state index in [2.05, 4.69) is 10.3 Å². The lowest BCUT2D eigenvalue weighted by atomic mass is 10.1. The molecule has 0 aliphatic carbocycles. The Labute approximate surface area is 155 Å². The van der Waals surface area contributed by atoms with Crippen molar-refractivity contribution in [1.82, 2.24) is 4.98 Å². The van der Waals surface area contributed by atoms with E-state index in [1.165, 1.54) is 24.3 Å². The van der Waals surface area contributed by atoms with E-state index in [4.69, 9.17) is 5.11 Å². The first-order valence-corrected chi connectivity index (χ1v) is 7.83. The van der Waals surface area contributed by atoms with Gasteiger partial charge in [0.2, 0.25) is 0 Å². The van der Waals surface area contributed by atoms with Crippen LogP contribution in [-0.2, 0) is 6.54 Å². The van der Waals surface area contributed by atoms with Crippen LogP contribution in [0.1, 0.15) is 16.8 Å². The number of imidazole rings is 1. The topological polar surface area (TPSA) is 69.0 Å². The molecule has 25 heavy (non-hydrogen) atoms. The Kier molecular flexibility index (Phi) is 6.66. The molecule has 7 heteroatoms. The second-order valence-corrected chi connectivity index (χ2v) is 5.51. The average molecular weight is 408 g/mol. The van der Waals surface area contributed by atoms with E-state index >= 15 is 0 Å². The van der Waals surface area contributed by atoms with E-state index < -0.39 is 0 Å². The molecule has 0 aliphatic heterocycles. The van der Waals surface area contributed by atoms with Crippen molar-refractivity contribution in [2.45, 2.75) is 13.0 Å². The molecule has 2 aromatic carbocycles. The Bertz CT molecular complexity index is 849. The normalized spacial score (nSPS) is 10.5. The minimum absolute atomic E-state index is 0. The first kappa shape index (κ1) is 19.1. The molecule has 0 unspecified atom stereocenters.